The van der Waals surface area contributed by atoms with E-state index in [1.54, 1.807) is 18.2 Å². The van der Waals surface area contributed by atoms with E-state index in [1.807, 2.05) is 0 Å². The smallest absolute Gasteiger partial charge is 0.259 e. The molecule has 0 fully saturated rings. The number of nitrogens with two attached hydrogens (primary N) is 1. The monoisotopic (exact) mass is 338 g/mol. The Kier molecular flexibility index (Phi) is 3.67. The number of nitrogens with one attached hydrogen (secondary N) is 1. The molecule has 3 aromatic rings. The second-order valence-electron chi connectivity index (χ2n) is 4.17. The molecule has 0 spiro atoms. The molecule has 0 bridgehead atoms. The predicted molar refractivity (Wildman–Crippen MR) is 86.2 cm³/mol. The maximum absolute atomic E-state index is 12.2. The number of anilines is 2. The summed E-state index contributed by atoms with van der Waals surface area (Å²) in [4.78, 5) is 20.3. The van der Waals surface area contributed by atoms with Crippen molar-refractivity contribution in [3.63, 3.8) is 0 Å². The lowest BCUT2D eigenvalue weighted by Gasteiger charge is -2.04. The molecule has 0 unspecified atom stereocenters. The Balaban J connectivity index is 1.90. The predicted octanol–water partition coefficient (Wildman–Crippen LogP) is 3.83. The van der Waals surface area contributed by atoms with Gasteiger partial charge in [-0.15, -0.1) is 0 Å². The van der Waals surface area contributed by atoms with Gasteiger partial charge in [0.1, 0.15) is 5.82 Å². The van der Waals surface area contributed by atoms with Crippen molar-refractivity contribution >= 4 is 61.6 Å². The quantitative estimate of drug-likeness (QED) is 0.743. The van der Waals surface area contributed by atoms with Crippen molar-refractivity contribution in [2.24, 2.45) is 0 Å². The van der Waals surface area contributed by atoms with Crippen LogP contribution in [0, 0.1) is 0 Å². The molecule has 0 atom stereocenters. The minimum Gasteiger partial charge on any atom is -0.384 e. The first-order chi connectivity index (χ1) is 10.0. The highest BCUT2D eigenvalue weighted by molar-refractivity contribution is 7.22. The topological polar surface area (TPSA) is 80.9 Å². The molecule has 21 heavy (non-hydrogen) atoms. The lowest BCUT2D eigenvalue weighted by Crippen LogP contribution is -2.13. The fourth-order valence-corrected chi connectivity index (χ4v) is 3.07. The van der Waals surface area contributed by atoms with Crippen molar-refractivity contribution in [3.8, 4) is 0 Å². The second-order valence-corrected chi connectivity index (χ2v) is 6.05. The van der Waals surface area contributed by atoms with Crippen LogP contribution < -0.4 is 11.1 Å². The van der Waals surface area contributed by atoms with Gasteiger partial charge in [0.2, 0.25) is 0 Å². The van der Waals surface area contributed by atoms with E-state index in [-0.39, 0.29) is 22.3 Å². The Labute approximate surface area is 133 Å². The minimum absolute atomic E-state index is 0.223. The van der Waals surface area contributed by atoms with Crippen molar-refractivity contribution in [3.05, 3.63) is 46.1 Å². The molecule has 2 heterocycles. The summed E-state index contributed by atoms with van der Waals surface area (Å²) in [5.41, 5.74) is 6.57. The lowest BCUT2D eigenvalue weighted by atomic mass is 10.2. The van der Waals surface area contributed by atoms with E-state index in [9.17, 15) is 4.79 Å². The van der Waals surface area contributed by atoms with Gasteiger partial charge in [0.15, 0.2) is 5.13 Å². The molecule has 0 saturated carbocycles. The van der Waals surface area contributed by atoms with Crippen LogP contribution in [0.1, 0.15) is 10.4 Å². The Morgan fingerprint density at radius 3 is 2.90 bits per heavy atom. The molecular weight excluding hydrogens is 331 g/mol. The fraction of sp³-hybridized carbons (Fsp3) is 0. The van der Waals surface area contributed by atoms with Gasteiger partial charge in [-0.3, -0.25) is 10.1 Å². The Bertz CT molecular complexity index is 849. The number of fused-ring (bicyclic) bond motifs is 1. The van der Waals surface area contributed by atoms with Crippen molar-refractivity contribution < 1.29 is 4.79 Å². The summed E-state index contributed by atoms with van der Waals surface area (Å²) in [6.45, 7) is 0. The zero-order valence-electron chi connectivity index (χ0n) is 10.4. The number of aromatic nitrogens is 2. The number of halogens is 2. The van der Waals surface area contributed by atoms with Crippen molar-refractivity contribution in [1.29, 1.82) is 0 Å². The first-order valence-corrected chi connectivity index (χ1v) is 7.38. The van der Waals surface area contributed by atoms with Crippen LogP contribution in [-0.2, 0) is 0 Å². The molecule has 0 radical (unpaired) electrons. The van der Waals surface area contributed by atoms with Crippen LogP contribution in [-0.4, -0.2) is 15.9 Å². The van der Waals surface area contributed by atoms with Crippen LogP contribution in [0.15, 0.2) is 30.5 Å². The van der Waals surface area contributed by atoms with Crippen LogP contribution in [0.4, 0.5) is 10.9 Å². The molecule has 3 rings (SSSR count). The zero-order valence-corrected chi connectivity index (χ0v) is 12.8. The van der Waals surface area contributed by atoms with E-state index >= 15 is 0 Å². The number of carbonyl (C=O) groups is 1. The fourth-order valence-electron chi connectivity index (χ4n) is 1.75. The maximum Gasteiger partial charge on any atom is 0.259 e. The summed E-state index contributed by atoms with van der Waals surface area (Å²) in [7, 11) is 0. The summed E-state index contributed by atoms with van der Waals surface area (Å²) in [5.74, 6) is -0.167. The molecule has 1 aromatic carbocycles. The largest absolute Gasteiger partial charge is 0.384 e. The molecule has 0 aliphatic rings. The summed E-state index contributed by atoms with van der Waals surface area (Å²) < 4.78 is 0.887. The number of rotatable bonds is 2. The first kappa shape index (κ1) is 14.1. The first-order valence-electron chi connectivity index (χ1n) is 5.81. The van der Waals surface area contributed by atoms with Gasteiger partial charge in [0.05, 0.1) is 20.8 Å². The second kappa shape index (κ2) is 5.48. The maximum atomic E-state index is 12.2. The standard InChI is InChI=1S/C13H8Cl2N4OS/c14-6-1-2-9-10(3-6)21-13(18-9)19-12(20)7-4-11(16)17-5-8(7)15/h1-5H,(H2,16,17)(H,18,19,20). The van der Waals surface area contributed by atoms with Crippen LogP contribution in [0.3, 0.4) is 0 Å². The van der Waals surface area contributed by atoms with E-state index in [4.69, 9.17) is 28.9 Å². The third-order valence-electron chi connectivity index (χ3n) is 2.69. The average Bonchev–Trinajstić information content (AvgIpc) is 2.82. The highest BCUT2D eigenvalue weighted by Gasteiger charge is 2.14. The molecule has 0 aliphatic heterocycles. The van der Waals surface area contributed by atoms with Crippen LogP contribution in [0.25, 0.3) is 10.2 Å². The molecular formula is C13H8Cl2N4OS. The van der Waals surface area contributed by atoms with E-state index in [0.29, 0.717) is 10.2 Å². The lowest BCUT2D eigenvalue weighted by molar-refractivity contribution is 0.102. The third kappa shape index (κ3) is 2.92. The normalized spacial score (nSPS) is 10.8. The van der Waals surface area contributed by atoms with Gasteiger partial charge in [-0.2, -0.15) is 0 Å². The summed E-state index contributed by atoms with van der Waals surface area (Å²) in [6, 6.07) is 6.75. The van der Waals surface area contributed by atoms with Crippen molar-refractivity contribution in [2.75, 3.05) is 11.1 Å². The zero-order chi connectivity index (χ0) is 15.0. The van der Waals surface area contributed by atoms with Gasteiger partial charge in [0, 0.05) is 11.2 Å². The number of nitrogen functional groups attached to an aromatic ring is 1. The molecule has 0 saturated heterocycles. The van der Waals surface area contributed by atoms with Gasteiger partial charge in [-0.05, 0) is 24.3 Å². The van der Waals surface area contributed by atoms with Crippen LogP contribution in [0.2, 0.25) is 10.0 Å². The number of hydrogen-bond donors (Lipinski definition) is 2. The summed E-state index contributed by atoms with van der Waals surface area (Å²) in [5, 5.41) is 4.00. The number of benzene rings is 1. The number of hydrogen-bond acceptors (Lipinski definition) is 5. The van der Waals surface area contributed by atoms with E-state index in [1.165, 1.54) is 23.6 Å². The molecule has 1 amide bonds. The number of nitrogens with zero attached hydrogens (tertiary/aromatic N) is 2. The van der Waals surface area contributed by atoms with Crippen molar-refractivity contribution in [2.45, 2.75) is 0 Å². The van der Waals surface area contributed by atoms with Gasteiger partial charge in [-0.1, -0.05) is 34.5 Å². The van der Waals surface area contributed by atoms with Crippen molar-refractivity contribution in [1.82, 2.24) is 9.97 Å². The SMILES string of the molecule is Nc1cc(C(=O)Nc2nc3ccc(Cl)cc3s2)c(Cl)cn1. The van der Waals surface area contributed by atoms with Crippen LogP contribution >= 0.6 is 34.5 Å². The number of carbonyl (C=O) groups excluding carboxylic acids is 1. The average molecular weight is 339 g/mol. The highest BCUT2D eigenvalue weighted by Crippen LogP contribution is 2.29. The minimum atomic E-state index is -0.390. The summed E-state index contributed by atoms with van der Waals surface area (Å²) >= 11 is 13.2. The molecule has 8 heteroatoms. The number of amides is 1. The van der Waals surface area contributed by atoms with Gasteiger partial charge in [-0.25, -0.2) is 9.97 Å². The van der Waals surface area contributed by atoms with Gasteiger partial charge in [0.25, 0.3) is 5.91 Å². The number of pyridine rings is 1. The Hall–Kier alpha value is -1.89. The van der Waals surface area contributed by atoms with E-state index in [2.05, 4.69) is 15.3 Å². The van der Waals surface area contributed by atoms with E-state index < -0.39 is 0 Å². The molecule has 3 N–H and O–H groups in total. The molecule has 0 aliphatic carbocycles. The van der Waals surface area contributed by atoms with Gasteiger partial charge < -0.3 is 5.73 Å². The molecule has 106 valence electrons. The summed E-state index contributed by atoms with van der Waals surface area (Å²) in [6.07, 6.45) is 1.34. The van der Waals surface area contributed by atoms with Gasteiger partial charge >= 0.3 is 0 Å². The van der Waals surface area contributed by atoms with Crippen LogP contribution in [0.5, 0.6) is 0 Å². The Morgan fingerprint density at radius 2 is 2.10 bits per heavy atom. The molecule has 2 aromatic heterocycles. The highest BCUT2D eigenvalue weighted by atomic mass is 35.5. The third-order valence-corrected chi connectivity index (χ3v) is 4.16. The Morgan fingerprint density at radius 1 is 1.29 bits per heavy atom. The number of thiazole rings is 1. The van der Waals surface area contributed by atoms with E-state index in [0.717, 1.165) is 10.2 Å². The molecule has 5 nitrogen and oxygen atoms in total.